The molecule has 0 radical (unpaired) electrons. The summed E-state index contributed by atoms with van der Waals surface area (Å²) in [5, 5.41) is 3.07. The van der Waals surface area contributed by atoms with E-state index in [1.807, 2.05) is 49.1 Å². The first kappa shape index (κ1) is 20.1. The van der Waals surface area contributed by atoms with E-state index in [-0.39, 0.29) is 18.2 Å². The molecule has 0 unspecified atom stereocenters. The molecule has 1 saturated carbocycles. The van der Waals surface area contributed by atoms with Gasteiger partial charge >= 0.3 is 0 Å². The van der Waals surface area contributed by atoms with Crippen LogP contribution >= 0.6 is 0 Å². The number of oxazole rings is 1. The second kappa shape index (κ2) is 9.04. The first-order chi connectivity index (χ1) is 13.6. The fourth-order valence-electron chi connectivity index (χ4n) is 3.94. The van der Waals surface area contributed by atoms with Crippen molar-refractivity contribution in [2.75, 3.05) is 13.1 Å². The molecule has 1 aromatic carbocycles. The number of nitrogens with zero attached hydrogens (tertiary/aromatic N) is 2. The SMILES string of the molecule is CCN(CC)C(=O)C1(NC(=O)Cc2coc(-c3ccccc3)n2)CCCCC1. The van der Waals surface area contributed by atoms with Gasteiger partial charge < -0.3 is 14.6 Å². The van der Waals surface area contributed by atoms with E-state index in [9.17, 15) is 9.59 Å². The van der Waals surface area contributed by atoms with Gasteiger partial charge in [-0.15, -0.1) is 0 Å². The van der Waals surface area contributed by atoms with Crippen LogP contribution in [0, 0.1) is 0 Å². The Morgan fingerprint density at radius 2 is 1.79 bits per heavy atom. The Bertz CT molecular complexity index is 790. The normalized spacial score (nSPS) is 15.8. The summed E-state index contributed by atoms with van der Waals surface area (Å²) < 4.78 is 5.52. The fraction of sp³-hybridized carbons (Fsp3) is 0.500. The highest BCUT2D eigenvalue weighted by molar-refractivity contribution is 5.92. The van der Waals surface area contributed by atoms with Crippen LogP contribution < -0.4 is 5.32 Å². The Labute approximate surface area is 166 Å². The van der Waals surface area contributed by atoms with Crippen molar-refractivity contribution in [3.05, 3.63) is 42.3 Å². The number of benzene rings is 1. The van der Waals surface area contributed by atoms with E-state index in [1.54, 1.807) is 0 Å². The third-order valence-corrected chi connectivity index (χ3v) is 5.46. The van der Waals surface area contributed by atoms with E-state index in [0.717, 1.165) is 24.8 Å². The third kappa shape index (κ3) is 4.43. The summed E-state index contributed by atoms with van der Waals surface area (Å²) in [6.45, 7) is 5.24. The van der Waals surface area contributed by atoms with Crippen LogP contribution in [-0.4, -0.2) is 40.3 Å². The lowest BCUT2D eigenvalue weighted by atomic mass is 9.80. The van der Waals surface area contributed by atoms with E-state index >= 15 is 0 Å². The number of hydrogen-bond donors (Lipinski definition) is 1. The van der Waals surface area contributed by atoms with Crippen molar-refractivity contribution in [1.29, 1.82) is 0 Å². The highest BCUT2D eigenvalue weighted by atomic mass is 16.3. The summed E-state index contributed by atoms with van der Waals surface area (Å²) in [6.07, 6.45) is 6.02. The second-order valence-electron chi connectivity index (χ2n) is 7.36. The van der Waals surface area contributed by atoms with Crippen molar-refractivity contribution in [3.63, 3.8) is 0 Å². The van der Waals surface area contributed by atoms with E-state index in [0.29, 0.717) is 37.5 Å². The molecule has 1 heterocycles. The topological polar surface area (TPSA) is 75.4 Å². The van der Waals surface area contributed by atoms with Crippen molar-refractivity contribution in [2.24, 2.45) is 0 Å². The molecule has 1 fully saturated rings. The van der Waals surface area contributed by atoms with Crippen LogP contribution in [0.3, 0.4) is 0 Å². The summed E-state index contributed by atoms with van der Waals surface area (Å²) in [6, 6.07) is 9.58. The Morgan fingerprint density at radius 3 is 2.43 bits per heavy atom. The van der Waals surface area contributed by atoms with Gasteiger partial charge in [-0.25, -0.2) is 4.98 Å². The standard InChI is InChI=1S/C22H29N3O3/c1-3-25(4-2)21(27)22(13-9-6-10-14-22)24-19(26)15-18-16-28-20(23-18)17-11-7-5-8-12-17/h5,7-8,11-12,16H,3-4,6,9-10,13-15H2,1-2H3,(H,24,26). The number of likely N-dealkylation sites (N-methyl/N-ethyl adjacent to an activating group) is 1. The minimum atomic E-state index is -0.784. The van der Waals surface area contributed by atoms with Gasteiger partial charge in [0, 0.05) is 18.7 Å². The molecular formula is C22H29N3O3. The predicted molar refractivity (Wildman–Crippen MR) is 108 cm³/mol. The predicted octanol–water partition coefficient (Wildman–Crippen LogP) is 3.57. The van der Waals surface area contributed by atoms with Gasteiger partial charge in [0.1, 0.15) is 11.8 Å². The number of carbonyl (C=O) groups excluding carboxylic acids is 2. The Hall–Kier alpha value is -2.63. The zero-order valence-corrected chi connectivity index (χ0v) is 16.7. The number of aromatic nitrogens is 1. The molecule has 1 aliphatic rings. The van der Waals surface area contributed by atoms with Crippen molar-refractivity contribution in [2.45, 2.75) is 57.9 Å². The van der Waals surface area contributed by atoms with Crippen molar-refractivity contribution in [3.8, 4) is 11.5 Å². The largest absolute Gasteiger partial charge is 0.444 e. The van der Waals surface area contributed by atoms with Crippen LogP contribution in [-0.2, 0) is 16.0 Å². The number of nitrogens with one attached hydrogen (secondary N) is 1. The molecule has 150 valence electrons. The maximum Gasteiger partial charge on any atom is 0.248 e. The average molecular weight is 383 g/mol. The molecule has 2 amide bonds. The summed E-state index contributed by atoms with van der Waals surface area (Å²) in [4.78, 5) is 32.1. The molecule has 28 heavy (non-hydrogen) atoms. The molecular weight excluding hydrogens is 354 g/mol. The molecule has 0 bridgehead atoms. The minimum absolute atomic E-state index is 0.0377. The van der Waals surface area contributed by atoms with Gasteiger partial charge in [0.05, 0.1) is 12.1 Å². The molecule has 0 saturated heterocycles. The van der Waals surface area contributed by atoms with Gasteiger partial charge in [0.15, 0.2) is 0 Å². The lowest BCUT2D eigenvalue weighted by molar-refractivity contribution is -0.143. The van der Waals surface area contributed by atoms with Crippen LogP contribution in [0.15, 0.2) is 41.0 Å². The lowest BCUT2D eigenvalue weighted by Crippen LogP contribution is -2.60. The summed E-state index contributed by atoms with van der Waals surface area (Å²) in [5.41, 5.74) is 0.653. The van der Waals surface area contributed by atoms with Gasteiger partial charge in [0.25, 0.3) is 0 Å². The molecule has 0 spiro atoms. The molecule has 1 N–H and O–H groups in total. The zero-order valence-electron chi connectivity index (χ0n) is 16.7. The smallest absolute Gasteiger partial charge is 0.248 e. The fourth-order valence-corrected chi connectivity index (χ4v) is 3.94. The van der Waals surface area contributed by atoms with Crippen LogP contribution in [0.2, 0.25) is 0 Å². The lowest BCUT2D eigenvalue weighted by Gasteiger charge is -2.40. The molecule has 2 aromatic rings. The van der Waals surface area contributed by atoms with Gasteiger partial charge in [-0.2, -0.15) is 0 Å². The summed E-state index contributed by atoms with van der Waals surface area (Å²) in [5.74, 6) is 0.348. The Kier molecular flexibility index (Phi) is 6.49. The molecule has 6 heteroatoms. The Morgan fingerprint density at radius 1 is 1.11 bits per heavy atom. The maximum absolute atomic E-state index is 13.1. The first-order valence-corrected chi connectivity index (χ1v) is 10.2. The van der Waals surface area contributed by atoms with Crippen molar-refractivity contribution in [1.82, 2.24) is 15.2 Å². The molecule has 0 aliphatic heterocycles. The quantitative estimate of drug-likeness (QED) is 0.793. The van der Waals surface area contributed by atoms with Crippen LogP contribution in [0.5, 0.6) is 0 Å². The Balaban J connectivity index is 1.71. The molecule has 3 rings (SSSR count). The zero-order chi connectivity index (χ0) is 20.0. The van der Waals surface area contributed by atoms with Gasteiger partial charge in [-0.05, 0) is 38.8 Å². The molecule has 0 atom stereocenters. The number of carbonyl (C=O) groups is 2. The molecule has 6 nitrogen and oxygen atoms in total. The molecule has 1 aromatic heterocycles. The second-order valence-corrected chi connectivity index (χ2v) is 7.36. The maximum atomic E-state index is 13.1. The number of rotatable bonds is 7. The molecule has 1 aliphatic carbocycles. The first-order valence-electron chi connectivity index (χ1n) is 10.2. The van der Waals surface area contributed by atoms with Crippen molar-refractivity contribution >= 4 is 11.8 Å². The summed E-state index contributed by atoms with van der Waals surface area (Å²) >= 11 is 0. The monoisotopic (exact) mass is 383 g/mol. The van der Waals surface area contributed by atoms with Crippen LogP contribution in [0.4, 0.5) is 0 Å². The van der Waals surface area contributed by atoms with Gasteiger partial charge in [0.2, 0.25) is 17.7 Å². The van der Waals surface area contributed by atoms with Crippen LogP contribution in [0.25, 0.3) is 11.5 Å². The minimum Gasteiger partial charge on any atom is -0.444 e. The van der Waals surface area contributed by atoms with E-state index in [1.165, 1.54) is 6.26 Å². The highest BCUT2D eigenvalue weighted by Crippen LogP contribution is 2.30. The van der Waals surface area contributed by atoms with Gasteiger partial charge in [-0.3, -0.25) is 9.59 Å². The summed E-state index contributed by atoms with van der Waals surface area (Å²) in [7, 11) is 0. The van der Waals surface area contributed by atoms with Crippen LogP contribution in [0.1, 0.15) is 51.6 Å². The van der Waals surface area contributed by atoms with Crippen molar-refractivity contribution < 1.29 is 14.0 Å². The van der Waals surface area contributed by atoms with E-state index < -0.39 is 5.54 Å². The third-order valence-electron chi connectivity index (χ3n) is 5.46. The number of hydrogen-bond acceptors (Lipinski definition) is 4. The van der Waals surface area contributed by atoms with Gasteiger partial charge in [-0.1, -0.05) is 37.5 Å². The van der Waals surface area contributed by atoms with E-state index in [2.05, 4.69) is 10.3 Å². The van der Waals surface area contributed by atoms with E-state index in [4.69, 9.17) is 4.42 Å². The number of amides is 2. The average Bonchev–Trinajstić information content (AvgIpc) is 3.18. The highest BCUT2D eigenvalue weighted by Gasteiger charge is 2.42.